The molecule has 1 aromatic rings. The molecule has 7 heteroatoms. The molecule has 42 heavy (non-hydrogen) atoms. The largest absolute Gasteiger partial charge is 0.370 e. The number of likely N-dealkylation sites (tertiary alicyclic amines) is 1. The van der Waals surface area contributed by atoms with Gasteiger partial charge in [0.15, 0.2) is 11.9 Å². The van der Waals surface area contributed by atoms with Gasteiger partial charge in [-0.2, -0.15) is 0 Å². The van der Waals surface area contributed by atoms with Gasteiger partial charge >= 0.3 is 0 Å². The van der Waals surface area contributed by atoms with E-state index in [0.717, 1.165) is 57.6 Å². The Bertz CT molecular complexity index is 1020. The molecule has 4 aliphatic rings. The fourth-order valence-corrected chi connectivity index (χ4v) is 8.24. The minimum absolute atomic E-state index is 0.344. The number of rotatable bonds is 14. The summed E-state index contributed by atoms with van der Waals surface area (Å²) in [5.41, 5.74) is 7.84. The number of aliphatic imine (C=N–C) groups is 1. The first-order chi connectivity index (χ1) is 20.4. The van der Waals surface area contributed by atoms with Crippen LogP contribution in [0.25, 0.3) is 0 Å². The molecule has 0 aromatic heterocycles. The summed E-state index contributed by atoms with van der Waals surface area (Å²) in [4.78, 5) is 14.8. The third kappa shape index (κ3) is 7.26. The van der Waals surface area contributed by atoms with E-state index in [-0.39, 0.29) is 0 Å². The molecule has 1 aromatic carbocycles. The van der Waals surface area contributed by atoms with Gasteiger partial charge in [0.1, 0.15) is 0 Å². The number of nitrogens with one attached hydrogen (secondary N) is 1. The second-order valence-corrected chi connectivity index (χ2v) is 14.2. The molecule has 3 heterocycles. The van der Waals surface area contributed by atoms with Crippen LogP contribution in [-0.2, 0) is 6.42 Å². The molecule has 234 valence electrons. The van der Waals surface area contributed by atoms with Crippen molar-refractivity contribution in [1.29, 1.82) is 5.41 Å². The Morgan fingerprint density at radius 1 is 1.00 bits per heavy atom. The predicted molar refractivity (Wildman–Crippen MR) is 176 cm³/mol. The van der Waals surface area contributed by atoms with Crippen molar-refractivity contribution >= 4 is 11.9 Å². The number of hydrogen-bond donors (Lipinski definition) is 2. The summed E-state index contributed by atoms with van der Waals surface area (Å²) >= 11 is 0. The molecule has 3 fully saturated rings. The maximum atomic E-state index is 9.43. The fourth-order valence-electron chi connectivity index (χ4n) is 8.24. The van der Waals surface area contributed by atoms with Crippen molar-refractivity contribution in [1.82, 2.24) is 19.6 Å². The van der Waals surface area contributed by atoms with Crippen molar-refractivity contribution in [2.75, 3.05) is 39.3 Å². The molecule has 0 bridgehead atoms. The average Bonchev–Trinajstić information content (AvgIpc) is 3.79. The van der Waals surface area contributed by atoms with E-state index >= 15 is 0 Å². The molecular formula is C35H59N7. The molecule has 5 atom stereocenters. The van der Waals surface area contributed by atoms with E-state index in [1.165, 1.54) is 63.4 Å². The third-order valence-corrected chi connectivity index (χ3v) is 11.1. The standard InChI is InChI=1S/C35H59N7/c1-5-27(4)33-25-42(35(37)40(33)20-11-17-28-13-9-10-14-28)32(26(2)3)24-39-19-12-18-30(39)23-41-31(22-38-34(41)36)21-29-15-7-6-8-16-29/h6-8,15-16,26-28,30-33,37H,5,9-14,17-25H2,1-4H3,(H2,36,38). The molecule has 0 radical (unpaired) electrons. The monoisotopic (exact) mass is 577 g/mol. The average molecular weight is 578 g/mol. The number of guanidine groups is 2. The van der Waals surface area contributed by atoms with E-state index in [9.17, 15) is 5.41 Å². The molecule has 5 rings (SSSR count). The highest BCUT2D eigenvalue weighted by atomic mass is 15.5. The summed E-state index contributed by atoms with van der Waals surface area (Å²) in [6, 6.07) is 12.4. The zero-order valence-corrected chi connectivity index (χ0v) is 27.1. The Hall–Kier alpha value is -2.28. The van der Waals surface area contributed by atoms with Gasteiger partial charge in [0, 0.05) is 38.3 Å². The molecular weight excluding hydrogens is 518 g/mol. The van der Waals surface area contributed by atoms with Crippen molar-refractivity contribution in [2.24, 2.45) is 28.5 Å². The summed E-state index contributed by atoms with van der Waals surface area (Å²) in [5.74, 6) is 3.53. The molecule has 0 spiro atoms. The number of hydrogen-bond acceptors (Lipinski definition) is 5. The van der Waals surface area contributed by atoms with Crippen LogP contribution in [0.5, 0.6) is 0 Å². The quantitative estimate of drug-likeness (QED) is 0.299. The zero-order valence-electron chi connectivity index (χ0n) is 27.1. The Labute approximate surface area is 256 Å². The lowest BCUT2D eigenvalue weighted by atomic mass is 9.96. The molecule has 1 saturated carbocycles. The molecule has 3 aliphatic heterocycles. The highest BCUT2D eigenvalue weighted by molar-refractivity contribution is 5.80. The summed E-state index contributed by atoms with van der Waals surface area (Å²) < 4.78 is 0. The normalized spacial score (nSPS) is 27.1. The Kier molecular flexibility index (Phi) is 10.7. The van der Waals surface area contributed by atoms with Gasteiger partial charge in [-0.05, 0) is 62.0 Å². The van der Waals surface area contributed by atoms with Crippen molar-refractivity contribution in [3.05, 3.63) is 35.9 Å². The first kappa shape index (κ1) is 31.2. The van der Waals surface area contributed by atoms with Crippen LogP contribution in [0.2, 0.25) is 0 Å². The SMILES string of the molecule is CCC(C)C1CN(C(CN2CCCC2CN2C(N)=NCC2Cc2ccccc2)C(C)C)C(=N)N1CCCC1CCCC1. The lowest BCUT2D eigenvalue weighted by molar-refractivity contribution is 0.134. The van der Waals surface area contributed by atoms with Crippen LogP contribution in [0.15, 0.2) is 35.3 Å². The lowest BCUT2D eigenvalue weighted by Gasteiger charge is -2.39. The minimum atomic E-state index is 0.344. The lowest BCUT2D eigenvalue weighted by Crippen LogP contribution is -2.53. The smallest absolute Gasteiger partial charge is 0.194 e. The Balaban J connectivity index is 1.23. The molecule has 2 saturated heterocycles. The van der Waals surface area contributed by atoms with Gasteiger partial charge in [-0.15, -0.1) is 0 Å². The maximum Gasteiger partial charge on any atom is 0.194 e. The van der Waals surface area contributed by atoms with Gasteiger partial charge in [0.25, 0.3) is 0 Å². The van der Waals surface area contributed by atoms with Crippen LogP contribution < -0.4 is 5.73 Å². The van der Waals surface area contributed by atoms with Gasteiger partial charge in [0.2, 0.25) is 0 Å². The van der Waals surface area contributed by atoms with Gasteiger partial charge in [-0.3, -0.25) is 15.3 Å². The number of nitrogens with two attached hydrogens (primary N) is 1. The Morgan fingerprint density at radius 3 is 2.48 bits per heavy atom. The van der Waals surface area contributed by atoms with Crippen LogP contribution in [0.4, 0.5) is 0 Å². The topological polar surface area (TPSA) is 75.2 Å². The number of benzene rings is 1. The van der Waals surface area contributed by atoms with E-state index < -0.39 is 0 Å². The second-order valence-electron chi connectivity index (χ2n) is 14.2. The van der Waals surface area contributed by atoms with Crippen molar-refractivity contribution < 1.29 is 0 Å². The third-order valence-electron chi connectivity index (χ3n) is 11.1. The second kappa shape index (κ2) is 14.5. The van der Waals surface area contributed by atoms with Gasteiger partial charge in [0.05, 0.1) is 18.6 Å². The van der Waals surface area contributed by atoms with E-state index in [0.29, 0.717) is 42.0 Å². The number of nitrogens with zero attached hydrogens (tertiary/aromatic N) is 5. The minimum Gasteiger partial charge on any atom is -0.370 e. The fraction of sp³-hybridized carbons (Fsp3) is 0.771. The summed E-state index contributed by atoms with van der Waals surface area (Å²) in [6.07, 6.45) is 12.9. The first-order valence-corrected chi connectivity index (χ1v) is 17.3. The van der Waals surface area contributed by atoms with Crippen LogP contribution in [0.1, 0.15) is 91.0 Å². The Morgan fingerprint density at radius 2 is 1.76 bits per heavy atom. The summed E-state index contributed by atoms with van der Waals surface area (Å²) in [7, 11) is 0. The molecule has 5 unspecified atom stereocenters. The van der Waals surface area contributed by atoms with Gasteiger partial charge in [-0.25, -0.2) is 0 Å². The van der Waals surface area contributed by atoms with E-state index in [4.69, 9.17) is 5.73 Å². The summed E-state index contributed by atoms with van der Waals surface area (Å²) in [6.45, 7) is 15.4. The predicted octanol–water partition coefficient (Wildman–Crippen LogP) is 5.65. The van der Waals surface area contributed by atoms with Crippen LogP contribution >= 0.6 is 0 Å². The van der Waals surface area contributed by atoms with E-state index in [1.54, 1.807) is 0 Å². The zero-order chi connectivity index (χ0) is 29.6. The molecule has 7 nitrogen and oxygen atoms in total. The highest BCUT2D eigenvalue weighted by Gasteiger charge is 2.42. The molecule has 1 aliphatic carbocycles. The van der Waals surface area contributed by atoms with Gasteiger partial charge < -0.3 is 20.4 Å². The van der Waals surface area contributed by atoms with Gasteiger partial charge in [-0.1, -0.05) is 90.1 Å². The van der Waals surface area contributed by atoms with E-state index in [1.807, 2.05) is 0 Å². The van der Waals surface area contributed by atoms with Crippen LogP contribution in [-0.4, -0.2) is 95.0 Å². The van der Waals surface area contributed by atoms with E-state index in [2.05, 4.69) is 82.6 Å². The van der Waals surface area contributed by atoms with Crippen LogP contribution in [0.3, 0.4) is 0 Å². The maximum absolute atomic E-state index is 9.43. The van der Waals surface area contributed by atoms with Crippen molar-refractivity contribution in [3.63, 3.8) is 0 Å². The summed E-state index contributed by atoms with van der Waals surface area (Å²) in [5, 5.41) is 9.43. The first-order valence-electron chi connectivity index (χ1n) is 17.3. The molecule has 3 N–H and O–H groups in total. The molecule has 0 amide bonds. The van der Waals surface area contributed by atoms with Crippen molar-refractivity contribution in [2.45, 2.75) is 116 Å². The van der Waals surface area contributed by atoms with Crippen LogP contribution in [0, 0.1) is 23.2 Å². The highest BCUT2D eigenvalue weighted by Crippen LogP contribution is 2.32. The van der Waals surface area contributed by atoms with Crippen molar-refractivity contribution in [3.8, 4) is 0 Å².